The van der Waals surface area contributed by atoms with Crippen LogP contribution in [0.3, 0.4) is 0 Å². The van der Waals surface area contributed by atoms with Crippen molar-refractivity contribution in [2.45, 2.75) is 50.0 Å². The Bertz CT molecular complexity index is 736. The summed E-state index contributed by atoms with van der Waals surface area (Å²) in [4.78, 5) is 12.2. The monoisotopic (exact) mass is 439 g/mol. The third-order valence-corrected chi connectivity index (χ3v) is 6.83. The maximum atomic E-state index is 13.4. The average Bonchev–Trinajstić information content (AvgIpc) is 2.50. The topological polar surface area (TPSA) is 63.2 Å². The highest BCUT2D eigenvalue weighted by Crippen LogP contribution is 2.35. The molecule has 1 N–H and O–H groups in total. The van der Waals surface area contributed by atoms with Gasteiger partial charge in [0.2, 0.25) is 5.91 Å². The van der Waals surface area contributed by atoms with Gasteiger partial charge in [0.1, 0.15) is 16.8 Å². The van der Waals surface area contributed by atoms with Gasteiger partial charge in [0, 0.05) is 13.0 Å². The van der Waals surface area contributed by atoms with Gasteiger partial charge < -0.3 is 5.32 Å². The number of allylic oxidation sites excluding steroid dienone is 2. The molecule has 0 aliphatic heterocycles. The summed E-state index contributed by atoms with van der Waals surface area (Å²) in [6.07, 6.45) is -11.4. The highest BCUT2D eigenvalue weighted by atomic mass is 32.2. The molecule has 0 bridgehead atoms. The van der Waals surface area contributed by atoms with Gasteiger partial charge in [-0.3, -0.25) is 4.79 Å². The molecule has 0 saturated heterocycles. The molecule has 0 saturated carbocycles. The molecule has 0 radical (unpaired) electrons. The molecule has 0 aromatic heterocycles. The molecule has 2 unspecified atom stereocenters. The predicted octanol–water partition coefficient (Wildman–Crippen LogP) is 3.65. The predicted molar refractivity (Wildman–Crippen MR) is 87.8 cm³/mol. The Morgan fingerprint density at radius 3 is 2.21 bits per heavy atom. The fourth-order valence-corrected chi connectivity index (χ4v) is 3.75. The third-order valence-electron chi connectivity index (χ3n) is 4.26. The SMILES string of the molecule is CC(C)(C(=O)NCC1=CC(C(F)(F)F)C(F)C=C1)S(=O)(=O)CCCC(F)(F)F. The number of alkyl halides is 7. The third kappa shape index (κ3) is 6.49. The summed E-state index contributed by atoms with van der Waals surface area (Å²) in [7, 11) is -4.27. The Morgan fingerprint density at radius 2 is 1.71 bits per heavy atom. The van der Waals surface area contributed by atoms with E-state index in [0.29, 0.717) is 12.2 Å². The molecule has 162 valence electrons. The van der Waals surface area contributed by atoms with E-state index >= 15 is 0 Å². The van der Waals surface area contributed by atoms with Crippen LogP contribution in [-0.2, 0) is 14.6 Å². The van der Waals surface area contributed by atoms with Crippen molar-refractivity contribution in [1.29, 1.82) is 0 Å². The Morgan fingerprint density at radius 1 is 1.14 bits per heavy atom. The van der Waals surface area contributed by atoms with Crippen LogP contribution in [0.4, 0.5) is 30.7 Å². The average molecular weight is 439 g/mol. The van der Waals surface area contributed by atoms with Crippen LogP contribution < -0.4 is 5.32 Å². The van der Waals surface area contributed by atoms with Gasteiger partial charge in [0.15, 0.2) is 9.84 Å². The van der Waals surface area contributed by atoms with Crippen molar-refractivity contribution in [1.82, 2.24) is 5.32 Å². The molecule has 12 heteroatoms. The van der Waals surface area contributed by atoms with Crippen LogP contribution in [0.15, 0.2) is 23.8 Å². The van der Waals surface area contributed by atoms with Crippen LogP contribution >= 0.6 is 0 Å². The Labute approximate surface area is 157 Å². The van der Waals surface area contributed by atoms with Gasteiger partial charge >= 0.3 is 12.4 Å². The minimum atomic E-state index is -4.83. The van der Waals surface area contributed by atoms with Gasteiger partial charge in [-0.1, -0.05) is 12.2 Å². The lowest BCUT2D eigenvalue weighted by Crippen LogP contribution is -2.49. The van der Waals surface area contributed by atoms with E-state index in [1.165, 1.54) is 0 Å². The molecule has 4 nitrogen and oxygen atoms in total. The normalized spacial score (nSPS) is 21.4. The number of nitrogens with one attached hydrogen (secondary N) is 1. The number of sulfone groups is 1. The summed E-state index contributed by atoms with van der Waals surface area (Å²) in [5.41, 5.74) is -0.0742. The van der Waals surface area contributed by atoms with Crippen molar-refractivity contribution in [3.63, 3.8) is 0 Å². The molecule has 28 heavy (non-hydrogen) atoms. The molecule has 1 aliphatic rings. The minimum Gasteiger partial charge on any atom is -0.351 e. The van der Waals surface area contributed by atoms with E-state index in [0.717, 1.165) is 19.9 Å². The highest BCUT2D eigenvalue weighted by Gasteiger charge is 2.45. The molecule has 0 aromatic carbocycles. The fourth-order valence-electron chi connectivity index (χ4n) is 2.36. The van der Waals surface area contributed by atoms with E-state index in [1.54, 1.807) is 0 Å². The van der Waals surface area contributed by atoms with Gasteiger partial charge in [-0.15, -0.1) is 0 Å². The first-order valence-corrected chi connectivity index (χ1v) is 9.79. The first-order valence-electron chi connectivity index (χ1n) is 8.14. The lowest BCUT2D eigenvalue weighted by atomic mass is 9.94. The molecule has 0 fully saturated rings. The molecule has 1 aliphatic carbocycles. The molecular formula is C16H20F7NO3S. The summed E-state index contributed by atoms with van der Waals surface area (Å²) >= 11 is 0. The smallest absolute Gasteiger partial charge is 0.351 e. The van der Waals surface area contributed by atoms with Crippen molar-refractivity contribution in [2.75, 3.05) is 12.3 Å². The number of hydrogen-bond donors (Lipinski definition) is 1. The number of halogens is 7. The molecule has 1 rings (SSSR count). The first-order chi connectivity index (χ1) is 12.5. The van der Waals surface area contributed by atoms with E-state index in [9.17, 15) is 43.9 Å². The second-order valence-electron chi connectivity index (χ2n) is 6.84. The van der Waals surface area contributed by atoms with Gasteiger partial charge in [-0.2, -0.15) is 26.3 Å². The number of carbonyl (C=O) groups is 1. The van der Waals surface area contributed by atoms with Crippen molar-refractivity contribution < 1.29 is 43.9 Å². The van der Waals surface area contributed by atoms with Gasteiger partial charge in [-0.25, -0.2) is 12.8 Å². The zero-order valence-corrected chi connectivity index (χ0v) is 15.8. The van der Waals surface area contributed by atoms with E-state index in [-0.39, 0.29) is 5.57 Å². The second-order valence-corrected chi connectivity index (χ2v) is 9.50. The van der Waals surface area contributed by atoms with E-state index in [4.69, 9.17) is 0 Å². The molecule has 0 aromatic rings. The summed E-state index contributed by atoms with van der Waals surface area (Å²) < 4.78 is 110. The Hall–Kier alpha value is -1.59. The molecule has 1 amide bonds. The lowest BCUT2D eigenvalue weighted by molar-refractivity contribution is -0.172. The van der Waals surface area contributed by atoms with Gasteiger partial charge in [0.05, 0.1) is 5.75 Å². The Balaban J connectivity index is 2.76. The first kappa shape index (κ1) is 24.4. The van der Waals surface area contributed by atoms with Crippen LogP contribution in [0.25, 0.3) is 0 Å². The van der Waals surface area contributed by atoms with Gasteiger partial charge in [0.25, 0.3) is 0 Å². The lowest BCUT2D eigenvalue weighted by Gasteiger charge is -2.26. The summed E-state index contributed by atoms with van der Waals surface area (Å²) in [6, 6.07) is 0. The number of carbonyl (C=O) groups excluding carboxylic acids is 1. The largest absolute Gasteiger partial charge is 0.398 e. The number of hydrogen-bond acceptors (Lipinski definition) is 3. The van der Waals surface area contributed by atoms with E-state index in [2.05, 4.69) is 5.32 Å². The summed E-state index contributed by atoms with van der Waals surface area (Å²) in [5.74, 6) is -4.35. The van der Waals surface area contributed by atoms with Gasteiger partial charge in [-0.05, 0) is 31.9 Å². The van der Waals surface area contributed by atoms with Crippen LogP contribution in [0, 0.1) is 5.92 Å². The van der Waals surface area contributed by atoms with E-state index in [1.807, 2.05) is 0 Å². The summed E-state index contributed by atoms with van der Waals surface area (Å²) in [5, 5.41) is 2.14. The van der Waals surface area contributed by atoms with Crippen LogP contribution in [0.1, 0.15) is 26.7 Å². The zero-order valence-electron chi connectivity index (χ0n) is 15.0. The Kier molecular flexibility index (Phi) is 7.35. The molecule has 0 spiro atoms. The maximum Gasteiger partial charge on any atom is 0.398 e. The van der Waals surface area contributed by atoms with E-state index < -0.39 is 70.1 Å². The quantitative estimate of drug-likeness (QED) is 0.616. The molecular weight excluding hydrogens is 419 g/mol. The van der Waals surface area contributed by atoms with Crippen molar-refractivity contribution in [3.05, 3.63) is 23.8 Å². The molecule has 0 heterocycles. The van der Waals surface area contributed by atoms with Crippen molar-refractivity contribution in [2.24, 2.45) is 5.92 Å². The minimum absolute atomic E-state index is 0.0742. The summed E-state index contributed by atoms with van der Waals surface area (Å²) in [6.45, 7) is 1.50. The van der Waals surface area contributed by atoms with Crippen molar-refractivity contribution in [3.8, 4) is 0 Å². The van der Waals surface area contributed by atoms with Crippen LogP contribution in [-0.4, -0.2) is 49.9 Å². The highest BCUT2D eigenvalue weighted by molar-refractivity contribution is 7.93. The van der Waals surface area contributed by atoms with Crippen LogP contribution in [0.2, 0.25) is 0 Å². The number of amides is 1. The van der Waals surface area contributed by atoms with Crippen molar-refractivity contribution >= 4 is 15.7 Å². The molecule has 2 atom stereocenters. The maximum absolute atomic E-state index is 13.4. The second kappa shape index (κ2) is 8.42. The number of rotatable bonds is 7. The van der Waals surface area contributed by atoms with Crippen LogP contribution in [0.5, 0.6) is 0 Å². The fraction of sp³-hybridized carbons (Fsp3) is 0.688. The zero-order chi connectivity index (χ0) is 22.0. The standard InChI is InChI=1S/C16H20F7NO3S/c1-14(2,28(26,27)7-3-6-15(18,19)20)13(25)24-9-10-4-5-12(17)11(8-10)16(21,22)23/h4-5,8,11-12H,3,6-7,9H2,1-2H3,(H,24,25).